The minimum Gasteiger partial charge on any atom is -0.497 e. The molecule has 0 bridgehead atoms. The van der Waals surface area contributed by atoms with E-state index in [1.807, 2.05) is 30.3 Å². The van der Waals surface area contributed by atoms with E-state index in [0.717, 1.165) is 15.8 Å². The Kier molecular flexibility index (Phi) is 9.05. The summed E-state index contributed by atoms with van der Waals surface area (Å²) >= 11 is 3.25. The van der Waals surface area contributed by atoms with Gasteiger partial charge >= 0.3 is 0 Å². The summed E-state index contributed by atoms with van der Waals surface area (Å²) in [5.41, 5.74) is 1.65. The minimum absolute atomic E-state index is 0. The van der Waals surface area contributed by atoms with Crippen LogP contribution in [0.1, 0.15) is 11.1 Å². The van der Waals surface area contributed by atoms with E-state index < -0.39 is 0 Å². The van der Waals surface area contributed by atoms with Crippen molar-refractivity contribution in [2.75, 3.05) is 14.2 Å². The van der Waals surface area contributed by atoms with Crippen molar-refractivity contribution >= 4 is 45.9 Å². The highest BCUT2D eigenvalue weighted by Crippen LogP contribution is 2.15. The van der Waals surface area contributed by atoms with E-state index in [2.05, 4.69) is 31.6 Å². The molecule has 0 amide bonds. The first-order valence-electron chi connectivity index (χ1n) is 7.13. The number of benzene rings is 2. The monoisotopic (exact) mass is 507 g/mol. The maximum Gasteiger partial charge on any atom is 0.191 e. The molecule has 0 fully saturated rings. The molecule has 0 aliphatic carbocycles. The van der Waals surface area contributed by atoms with Crippen LogP contribution in [0.25, 0.3) is 0 Å². The number of ether oxygens (including phenoxy) is 1. The fourth-order valence-electron chi connectivity index (χ4n) is 2.03. The van der Waals surface area contributed by atoms with Gasteiger partial charge in [0.05, 0.1) is 7.11 Å². The molecule has 0 heterocycles. The van der Waals surface area contributed by atoms with Crippen LogP contribution in [0.5, 0.6) is 5.75 Å². The van der Waals surface area contributed by atoms with Gasteiger partial charge in [-0.2, -0.15) is 0 Å². The third kappa shape index (κ3) is 6.27. The summed E-state index contributed by atoms with van der Waals surface area (Å²) < 4.78 is 19.7. The molecule has 0 aromatic heterocycles. The van der Waals surface area contributed by atoms with Crippen molar-refractivity contribution in [1.29, 1.82) is 0 Å². The minimum atomic E-state index is -0.255. The Balaban J connectivity index is 0.00000288. The number of methoxy groups -OCH3 is 1. The average Bonchev–Trinajstić information content (AvgIpc) is 2.56. The predicted molar refractivity (Wildman–Crippen MR) is 110 cm³/mol. The molecule has 2 aromatic carbocycles. The molecule has 2 rings (SSSR count). The fraction of sp³-hybridized carbons (Fsp3) is 0.235. The molecule has 7 heteroatoms. The molecular formula is C17H20BrFIN3O. The molecular weight excluding hydrogens is 488 g/mol. The van der Waals surface area contributed by atoms with Gasteiger partial charge in [-0.1, -0.05) is 34.1 Å². The standard InChI is InChI=1S/C17H19BrFN3O.HI/c1-20-17(21-10-12-4-3-5-15(8-12)23-2)22-11-13-6-7-14(18)9-16(13)19;/h3-9H,10-11H2,1-2H3,(H2,20,21,22);1H. The zero-order chi connectivity index (χ0) is 16.7. The lowest BCUT2D eigenvalue weighted by atomic mass is 10.2. The van der Waals surface area contributed by atoms with E-state index >= 15 is 0 Å². The number of aliphatic imine (C=N–C) groups is 1. The lowest BCUT2D eigenvalue weighted by Crippen LogP contribution is -2.36. The molecule has 0 aliphatic heterocycles. The van der Waals surface area contributed by atoms with Gasteiger partial charge < -0.3 is 15.4 Å². The Bertz CT molecular complexity index is 697. The molecule has 0 saturated heterocycles. The number of hydrogen-bond donors (Lipinski definition) is 2. The van der Waals surface area contributed by atoms with Crippen LogP contribution < -0.4 is 15.4 Å². The Hall–Kier alpha value is -1.35. The summed E-state index contributed by atoms with van der Waals surface area (Å²) in [6.07, 6.45) is 0. The SMILES string of the molecule is CN=C(NCc1cccc(OC)c1)NCc1ccc(Br)cc1F.I. The van der Waals surface area contributed by atoms with Crippen LogP contribution >= 0.6 is 39.9 Å². The number of hydrogen-bond acceptors (Lipinski definition) is 2. The van der Waals surface area contributed by atoms with Crippen LogP contribution in [0.4, 0.5) is 4.39 Å². The second-order valence-corrected chi connectivity index (χ2v) is 5.78. The van der Waals surface area contributed by atoms with Crippen molar-refractivity contribution in [2.24, 2.45) is 4.99 Å². The molecule has 0 aliphatic rings. The third-order valence-corrected chi connectivity index (χ3v) is 3.77. The Morgan fingerprint density at radius 2 is 1.92 bits per heavy atom. The second-order valence-electron chi connectivity index (χ2n) is 4.87. The summed E-state index contributed by atoms with van der Waals surface area (Å²) in [7, 11) is 3.32. The van der Waals surface area contributed by atoms with Crippen molar-refractivity contribution < 1.29 is 9.13 Å². The molecule has 4 nitrogen and oxygen atoms in total. The molecule has 0 radical (unpaired) electrons. The Labute approximate surface area is 167 Å². The first-order valence-corrected chi connectivity index (χ1v) is 7.93. The van der Waals surface area contributed by atoms with Crippen molar-refractivity contribution in [3.8, 4) is 5.75 Å². The normalized spacial score (nSPS) is 10.8. The quantitative estimate of drug-likeness (QED) is 0.364. The van der Waals surface area contributed by atoms with Crippen molar-refractivity contribution in [1.82, 2.24) is 10.6 Å². The van der Waals surface area contributed by atoms with Crippen LogP contribution in [0.3, 0.4) is 0 Å². The highest BCUT2D eigenvalue weighted by Gasteiger charge is 2.04. The molecule has 2 aromatic rings. The highest BCUT2D eigenvalue weighted by molar-refractivity contribution is 14.0. The number of guanidine groups is 1. The highest BCUT2D eigenvalue weighted by atomic mass is 127. The van der Waals surface area contributed by atoms with Crippen molar-refractivity contribution in [3.63, 3.8) is 0 Å². The average molecular weight is 508 g/mol. The van der Waals surface area contributed by atoms with E-state index in [1.165, 1.54) is 6.07 Å². The molecule has 0 spiro atoms. The molecule has 0 saturated carbocycles. The Morgan fingerprint density at radius 1 is 1.17 bits per heavy atom. The van der Waals surface area contributed by atoms with Gasteiger partial charge in [-0.3, -0.25) is 4.99 Å². The van der Waals surface area contributed by atoms with Gasteiger partial charge in [0.25, 0.3) is 0 Å². The van der Waals surface area contributed by atoms with Crippen LogP contribution in [0, 0.1) is 5.82 Å². The third-order valence-electron chi connectivity index (χ3n) is 3.28. The van der Waals surface area contributed by atoms with Gasteiger partial charge in [-0.15, -0.1) is 24.0 Å². The second kappa shape index (κ2) is 10.5. The number of nitrogens with zero attached hydrogens (tertiary/aromatic N) is 1. The number of halogens is 3. The van der Waals surface area contributed by atoms with E-state index in [4.69, 9.17) is 4.74 Å². The van der Waals surface area contributed by atoms with E-state index in [9.17, 15) is 4.39 Å². The van der Waals surface area contributed by atoms with Gasteiger partial charge in [0.1, 0.15) is 11.6 Å². The fourth-order valence-corrected chi connectivity index (χ4v) is 2.37. The topological polar surface area (TPSA) is 45.7 Å². The number of rotatable bonds is 5. The summed E-state index contributed by atoms with van der Waals surface area (Å²) in [5.74, 6) is 1.16. The van der Waals surface area contributed by atoms with Crippen molar-refractivity contribution in [2.45, 2.75) is 13.1 Å². The molecule has 0 atom stereocenters. The molecule has 0 unspecified atom stereocenters. The summed E-state index contributed by atoms with van der Waals surface area (Å²) in [6, 6.07) is 12.8. The first kappa shape index (κ1) is 20.7. The maximum atomic E-state index is 13.8. The summed E-state index contributed by atoms with van der Waals surface area (Å²) in [5, 5.41) is 6.29. The lowest BCUT2D eigenvalue weighted by Gasteiger charge is -2.13. The maximum absolute atomic E-state index is 13.8. The zero-order valence-corrected chi connectivity index (χ0v) is 17.4. The lowest BCUT2D eigenvalue weighted by molar-refractivity contribution is 0.414. The number of nitrogens with one attached hydrogen (secondary N) is 2. The van der Waals surface area contributed by atoms with Gasteiger partial charge in [0, 0.05) is 30.2 Å². The largest absolute Gasteiger partial charge is 0.497 e. The van der Waals surface area contributed by atoms with Gasteiger partial charge in [0.2, 0.25) is 0 Å². The van der Waals surface area contributed by atoms with Gasteiger partial charge in [-0.05, 0) is 29.8 Å². The van der Waals surface area contributed by atoms with E-state index in [0.29, 0.717) is 24.6 Å². The molecule has 24 heavy (non-hydrogen) atoms. The van der Waals surface area contributed by atoms with Crippen LogP contribution in [0.2, 0.25) is 0 Å². The molecule has 2 N–H and O–H groups in total. The summed E-state index contributed by atoms with van der Waals surface area (Å²) in [6.45, 7) is 0.955. The van der Waals surface area contributed by atoms with E-state index in [-0.39, 0.29) is 29.8 Å². The van der Waals surface area contributed by atoms with Crippen molar-refractivity contribution in [3.05, 3.63) is 63.9 Å². The van der Waals surface area contributed by atoms with Crippen LogP contribution in [-0.2, 0) is 13.1 Å². The first-order chi connectivity index (χ1) is 11.1. The van der Waals surface area contributed by atoms with E-state index in [1.54, 1.807) is 20.2 Å². The Morgan fingerprint density at radius 3 is 2.58 bits per heavy atom. The molecule has 130 valence electrons. The van der Waals surface area contributed by atoms with Gasteiger partial charge in [-0.25, -0.2) is 4.39 Å². The summed E-state index contributed by atoms with van der Waals surface area (Å²) in [4.78, 5) is 4.14. The predicted octanol–water partition coefficient (Wildman–Crippen LogP) is 4.08. The van der Waals surface area contributed by atoms with Crippen LogP contribution in [0.15, 0.2) is 51.9 Å². The van der Waals surface area contributed by atoms with Gasteiger partial charge in [0.15, 0.2) is 5.96 Å². The zero-order valence-electron chi connectivity index (χ0n) is 13.5. The smallest absolute Gasteiger partial charge is 0.191 e. The van der Waals surface area contributed by atoms with Crippen LogP contribution in [-0.4, -0.2) is 20.1 Å².